The first-order chi connectivity index (χ1) is 2.41. The molecule has 0 aliphatic carbocycles. The molecule has 0 heterocycles. The molecule has 0 rings (SSSR count). The second kappa shape index (κ2) is 42.2. The van der Waals surface area contributed by atoms with Crippen LogP contribution in [0.1, 0.15) is 0 Å². The van der Waals surface area contributed by atoms with Crippen molar-refractivity contribution in [2.75, 3.05) is 12.4 Å². The van der Waals surface area contributed by atoms with Gasteiger partial charge >= 0.3 is 0 Å². The van der Waals surface area contributed by atoms with Crippen molar-refractivity contribution in [1.82, 2.24) is 0 Å². The summed E-state index contributed by atoms with van der Waals surface area (Å²) in [5.74, 6) is 0. The molecule has 4 heteroatoms. The largest absolute Gasteiger partial charge is 0.400 e. The van der Waals surface area contributed by atoms with Crippen molar-refractivity contribution in [2.24, 2.45) is 0 Å². The highest BCUT2D eigenvalue weighted by Crippen LogP contribution is 1.73. The summed E-state index contributed by atoms with van der Waals surface area (Å²) >= 11 is 9.53. The highest BCUT2D eigenvalue weighted by molar-refractivity contribution is 6.40. The van der Waals surface area contributed by atoms with Gasteiger partial charge in [0.1, 0.15) is 0 Å². The average Bonchev–Trinajstić information content (AvgIpc) is 1.46. The Morgan fingerprint density at radius 1 is 1.33 bits per heavy atom. The van der Waals surface area contributed by atoms with Gasteiger partial charge in [-0.1, -0.05) is 0 Å². The summed E-state index contributed by atoms with van der Waals surface area (Å²) in [5.41, 5.74) is 0. The molecule has 0 amide bonds. The molecule has 0 saturated heterocycles. The van der Waals surface area contributed by atoms with Crippen LogP contribution in [0.2, 0.25) is 0 Å². The zero-order valence-corrected chi connectivity index (χ0v) is 4.42. The van der Waals surface area contributed by atoms with Crippen LogP contribution in [-0.4, -0.2) is 28.5 Å². The Morgan fingerprint density at radius 3 is 1.33 bits per heavy atom. The van der Waals surface area contributed by atoms with E-state index >= 15 is 0 Å². The number of alkyl halides is 2. The number of hydrogen-bond donors (Lipinski definition) is 1. The van der Waals surface area contributed by atoms with Crippen LogP contribution >= 0.6 is 23.2 Å². The van der Waals surface area contributed by atoms with Gasteiger partial charge in [-0.25, -0.2) is 0 Å². The summed E-state index contributed by atoms with van der Waals surface area (Å²) in [6.07, 6.45) is 0. The molecule has 0 aliphatic rings. The third-order valence-corrected chi connectivity index (χ3v) is 0. The summed E-state index contributed by atoms with van der Waals surface area (Å²) in [7, 11) is 1.00. The topological polar surface area (TPSA) is 20.2 Å². The van der Waals surface area contributed by atoms with E-state index in [1.165, 1.54) is 0 Å². The maximum atomic E-state index is 7.00. The third kappa shape index (κ3) is 117. The fraction of sp³-hybridized carbons (Fsp3) is 1.00. The van der Waals surface area contributed by atoms with Crippen molar-refractivity contribution in [3.8, 4) is 0 Å². The highest BCUT2D eigenvalue weighted by Gasteiger charge is 1.41. The molecule has 42 valence electrons. The number of aliphatic hydroxyl groups excluding tert-OH is 1. The van der Waals surface area contributed by atoms with Crippen molar-refractivity contribution in [3.63, 3.8) is 0 Å². The Bertz CT molecular complexity index is 11.5. The number of rotatable bonds is 0. The van der Waals surface area contributed by atoms with Gasteiger partial charge in [0.25, 0.3) is 0 Å². The first-order valence-corrected chi connectivity index (χ1v) is 2.05. The molecule has 1 nitrogen and oxygen atoms in total. The lowest BCUT2D eigenvalue weighted by Crippen LogP contribution is -1.25. The fourth-order valence-corrected chi connectivity index (χ4v) is 0. The monoisotopic (exact) mass is 148 g/mol. The van der Waals surface area contributed by atoms with Gasteiger partial charge in [0.2, 0.25) is 0 Å². The van der Waals surface area contributed by atoms with E-state index in [2.05, 4.69) is 0 Å². The van der Waals surface area contributed by atoms with Crippen molar-refractivity contribution in [1.29, 1.82) is 0 Å². The first-order valence-electron chi connectivity index (χ1n) is 0.982. The van der Waals surface area contributed by atoms with E-state index in [0.29, 0.717) is 0 Å². The molecule has 0 unspecified atom stereocenters. The first kappa shape index (κ1) is 15.9. The Balaban J connectivity index is -0.0000000275. The lowest BCUT2D eigenvalue weighted by molar-refractivity contribution is 0.399. The van der Waals surface area contributed by atoms with Crippen molar-refractivity contribution < 1.29 is 5.11 Å². The van der Waals surface area contributed by atoms with Crippen molar-refractivity contribution in [2.45, 2.75) is 0 Å². The van der Waals surface area contributed by atoms with Gasteiger partial charge < -0.3 is 5.11 Å². The normalized spacial score (nSPS) is 4.00. The van der Waals surface area contributed by atoms with Crippen LogP contribution in [0, 0.1) is 0 Å². The average molecular weight is 149 g/mol. The summed E-state index contributed by atoms with van der Waals surface area (Å²) in [5, 5.41) is 7.19. The van der Waals surface area contributed by atoms with Crippen molar-refractivity contribution >= 4 is 34.2 Å². The molecule has 0 aromatic carbocycles. The molecule has 1 N–H and O–H groups in total. The minimum Gasteiger partial charge on any atom is -0.400 e. The second-order valence-electron chi connectivity index (χ2n) is 0.101. The van der Waals surface area contributed by atoms with E-state index < -0.39 is 0 Å². The molecule has 0 atom stereocenters. The van der Waals surface area contributed by atoms with Gasteiger partial charge in [-0.15, -0.1) is 23.2 Å². The van der Waals surface area contributed by atoms with E-state index in [1.54, 1.807) is 0 Å². The Kier molecular flexibility index (Phi) is 112. The van der Waals surface area contributed by atoms with Crippen LogP contribution in [0.4, 0.5) is 0 Å². The standard InChI is InChI=1S/CH2Cl2.CH4O.H4Si/c2-1-3;1-2;/h1H2;2H,1H3;1H4. The molecule has 0 aromatic heterocycles. The zero-order valence-electron chi connectivity index (χ0n) is 2.91. The predicted octanol–water partition coefficient (Wildman–Crippen LogP) is -0.422. The van der Waals surface area contributed by atoms with E-state index in [4.69, 9.17) is 28.3 Å². The van der Waals surface area contributed by atoms with Crippen LogP contribution < -0.4 is 0 Å². The minimum absolute atomic E-state index is 0. The third-order valence-electron chi connectivity index (χ3n) is 0. The highest BCUT2D eigenvalue weighted by atomic mass is 35.5. The molecular weight excluding hydrogens is 139 g/mol. The number of hydrogen-bond acceptors (Lipinski definition) is 1. The molecule has 0 bridgehead atoms. The maximum Gasteiger partial charge on any atom is 0.0967 e. The van der Waals surface area contributed by atoms with E-state index in [-0.39, 0.29) is 16.3 Å². The van der Waals surface area contributed by atoms with Gasteiger partial charge in [-0.2, -0.15) is 0 Å². The lowest BCUT2D eigenvalue weighted by Gasteiger charge is -1.42. The quantitative estimate of drug-likeness (QED) is 0.366. The zero-order chi connectivity index (χ0) is 4.71. The molecule has 0 saturated carbocycles. The minimum atomic E-state index is 0. The van der Waals surface area contributed by atoms with Gasteiger partial charge in [0.15, 0.2) is 0 Å². The fourth-order valence-electron chi connectivity index (χ4n) is 0. The summed E-state index contributed by atoms with van der Waals surface area (Å²) in [6.45, 7) is 0. The Hall–Kier alpha value is 0.757. The predicted molar refractivity (Wildman–Crippen MR) is 36.0 cm³/mol. The van der Waals surface area contributed by atoms with Crippen LogP contribution in [0.25, 0.3) is 0 Å². The molecule has 0 radical (unpaired) electrons. The molecule has 0 aromatic rings. The van der Waals surface area contributed by atoms with Gasteiger partial charge in [-0.3, -0.25) is 0 Å². The molecular formula is C2H10Cl2OSi. The summed E-state index contributed by atoms with van der Waals surface area (Å²) < 4.78 is 0. The summed E-state index contributed by atoms with van der Waals surface area (Å²) in [6, 6.07) is 0. The second-order valence-corrected chi connectivity index (χ2v) is 0.909. The number of halogens is 2. The number of aliphatic hydroxyl groups is 1. The smallest absolute Gasteiger partial charge is 0.0967 e. The SMILES string of the molecule is CO.ClCCl.[SiH4]. The maximum absolute atomic E-state index is 7.00. The van der Waals surface area contributed by atoms with E-state index in [0.717, 1.165) is 7.11 Å². The van der Waals surface area contributed by atoms with Gasteiger partial charge in [-0.05, 0) is 11.0 Å². The molecule has 0 fully saturated rings. The molecule has 0 aliphatic heterocycles. The van der Waals surface area contributed by atoms with E-state index in [1.807, 2.05) is 0 Å². The molecule has 6 heavy (non-hydrogen) atoms. The Labute approximate surface area is 52.3 Å². The lowest BCUT2D eigenvalue weighted by atomic mass is 11.8. The van der Waals surface area contributed by atoms with Crippen LogP contribution in [0.5, 0.6) is 0 Å². The van der Waals surface area contributed by atoms with Gasteiger partial charge in [0.05, 0.1) is 5.34 Å². The van der Waals surface area contributed by atoms with Crippen LogP contribution in [0.3, 0.4) is 0 Å². The summed E-state index contributed by atoms with van der Waals surface area (Å²) in [4.78, 5) is 0. The van der Waals surface area contributed by atoms with E-state index in [9.17, 15) is 0 Å². The van der Waals surface area contributed by atoms with Crippen LogP contribution in [0.15, 0.2) is 0 Å². The van der Waals surface area contributed by atoms with Crippen LogP contribution in [-0.2, 0) is 0 Å². The van der Waals surface area contributed by atoms with Crippen molar-refractivity contribution in [3.05, 3.63) is 0 Å². The molecule has 0 spiro atoms. The Morgan fingerprint density at radius 2 is 1.33 bits per heavy atom. The van der Waals surface area contributed by atoms with Gasteiger partial charge in [0, 0.05) is 7.11 Å².